The number of hydrogen-bond acceptors (Lipinski definition) is 3. The molecule has 0 fully saturated rings. The fraction of sp³-hybridized carbons (Fsp3) is 0.500. The van der Waals surface area contributed by atoms with E-state index in [0.29, 0.717) is 11.1 Å². The zero-order valence-corrected chi connectivity index (χ0v) is 13.6. The predicted molar refractivity (Wildman–Crippen MR) is 87.1 cm³/mol. The molecule has 6 heteroatoms. The van der Waals surface area contributed by atoms with Gasteiger partial charge in [0.1, 0.15) is 4.99 Å². The fourth-order valence-corrected chi connectivity index (χ4v) is 3.51. The maximum atomic E-state index is 12.1. The van der Waals surface area contributed by atoms with Crippen molar-refractivity contribution in [2.45, 2.75) is 44.9 Å². The van der Waals surface area contributed by atoms with Crippen LogP contribution in [0, 0.1) is 0 Å². The molecule has 0 saturated heterocycles. The predicted octanol–water partition coefficient (Wildman–Crippen LogP) is 2.32. The lowest BCUT2D eigenvalue weighted by molar-refractivity contribution is 0.533. The molecule has 0 aromatic heterocycles. The molecule has 1 aromatic carbocycles. The minimum atomic E-state index is -3.34. The van der Waals surface area contributed by atoms with Gasteiger partial charge >= 0.3 is 0 Å². The molecule has 0 bridgehead atoms. The summed E-state index contributed by atoms with van der Waals surface area (Å²) in [5, 5.41) is 0. The molecule has 4 nitrogen and oxygen atoms in total. The van der Waals surface area contributed by atoms with Gasteiger partial charge in [0.15, 0.2) is 0 Å². The van der Waals surface area contributed by atoms with Crippen molar-refractivity contribution in [1.82, 2.24) is 4.72 Å². The molecule has 0 aliphatic rings. The smallest absolute Gasteiger partial charge is 0.216 e. The van der Waals surface area contributed by atoms with Crippen LogP contribution in [0.25, 0.3) is 0 Å². The normalized spacial score (nSPS) is 13.1. The number of thiocarbonyl (C=S) groups is 1. The molecule has 3 N–H and O–H groups in total. The Kier molecular flexibility index (Phi) is 6.58. The Morgan fingerprint density at radius 1 is 1.45 bits per heavy atom. The molecule has 20 heavy (non-hydrogen) atoms. The van der Waals surface area contributed by atoms with Gasteiger partial charge in [-0.25, -0.2) is 13.1 Å². The molecule has 112 valence electrons. The molecule has 0 saturated carbocycles. The van der Waals surface area contributed by atoms with Crippen LogP contribution in [0.4, 0.5) is 0 Å². The molecular weight excluding hydrogens is 292 g/mol. The van der Waals surface area contributed by atoms with Crippen LogP contribution < -0.4 is 10.5 Å². The quantitative estimate of drug-likeness (QED) is 0.722. The molecule has 0 radical (unpaired) electrons. The molecular formula is C14H22N2O2S2. The SMILES string of the molecule is CCCCC(C)NS(=O)(=O)Cc1cccc(C(N)=S)c1. The average Bonchev–Trinajstić information content (AvgIpc) is 2.35. The molecule has 0 aliphatic carbocycles. The van der Waals surface area contributed by atoms with E-state index in [1.165, 1.54) is 0 Å². The van der Waals surface area contributed by atoms with Gasteiger partial charge in [0.05, 0.1) is 5.75 Å². The summed E-state index contributed by atoms with van der Waals surface area (Å²) in [5.74, 6) is -0.0556. The Labute approximate surface area is 126 Å². The lowest BCUT2D eigenvalue weighted by atomic mass is 10.1. The maximum Gasteiger partial charge on any atom is 0.216 e. The molecule has 1 atom stereocenters. The first-order chi connectivity index (χ1) is 9.34. The highest BCUT2D eigenvalue weighted by molar-refractivity contribution is 7.88. The van der Waals surface area contributed by atoms with Gasteiger partial charge in [-0.05, 0) is 25.0 Å². The fourth-order valence-electron chi connectivity index (χ4n) is 1.95. The highest BCUT2D eigenvalue weighted by Crippen LogP contribution is 2.10. The van der Waals surface area contributed by atoms with E-state index in [4.69, 9.17) is 18.0 Å². The summed E-state index contributed by atoms with van der Waals surface area (Å²) in [5.41, 5.74) is 6.92. The number of rotatable bonds is 8. The Bertz CT molecular complexity index is 556. The van der Waals surface area contributed by atoms with Crippen molar-refractivity contribution >= 4 is 27.2 Å². The zero-order valence-electron chi connectivity index (χ0n) is 11.9. The van der Waals surface area contributed by atoms with E-state index >= 15 is 0 Å². The molecule has 0 heterocycles. The molecule has 1 unspecified atom stereocenters. The minimum absolute atomic E-state index is 0.0429. The average molecular weight is 314 g/mol. The van der Waals surface area contributed by atoms with Crippen LogP contribution in [0.5, 0.6) is 0 Å². The van der Waals surface area contributed by atoms with Crippen molar-refractivity contribution in [2.24, 2.45) is 5.73 Å². The first-order valence-corrected chi connectivity index (χ1v) is 8.79. The Balaban J connectivity index is 2.71. The third kappa shape index (κ3) is 5.98. The van der Waals surface area contributed by atoms with Gasteiger partial charge in [-0.3, -0.25) is 0 Å². The van der Waals surface area contributed by atoms with Crippen LogP contribution in [-0.4, -0.2) is 19.4 Å². The van der Waals surface area contributed by atoms with Gasteiger partial charge in [-0.15, -0.1) is 0 Å². The first-order valence-electron chi connectivity index (χ1n) is 6.73. The molecule has 0 spiro atoms. The summed E-state index contributed by atoms with van der Waals surface area (Å²) < 4.78 is 26.9. The van der Waals surface area contributed by atoms with Crippen molar-refractivity contribution in [3.05, 3.63) is 35.4 Å². The van der Waals surface area contributed by atoms with Gasteiger partial charge in [0.2, 0.25) is 10.0 Å². The van der Waals surface area contributed by atoms with E-state index in [0.717, 1.165) is 19.3 Å². The maximum absolute atomic E-state index is 12.1. The third-order valence-electron chi connectivity index (χ3n) is 2.94. The summed E-state index contributed by atoms with van der Waals surface area (Å²) in [6.07, 6.45) is 2.92. The number of benzene rings is 1. The van der Waals surface area contributed by atoms with E-state index in [-0.39, 0.29) is 16.8 Å². The Hall–Kier alpha value is -0.980. The largest absolute Gasteiger partial charge is 0.389 e. The van der Waals surface area contributed by atoms with Gasteiger partial charge in [0, 0.05) is 11.6 Å². The van der Waals surface area contributed by atoms with Gasteiger partial charge in [-0.1, -0.05) is 50.2 Å². The van der Waals surface area contributed by atoms with Crippen molar-refractivity contribution in [1.29, 1.82) is 0 Å². The summed E-state index contributed by atoms with van der Waals surface area (Å²) in [7, 11) is -3.34. The van der Waals surface area contributed by atoms with Crippen LogP contribution in [0.3, 0.4) is 0 Å². The highest BCUT2D eigenvalue weighted by atomic mass is 32.2. The van der Waals surface area contributed by atoms with Gasteiger partial charge in [-0.2, -0.15) is 0 Å². The number of nitrogens with one attached hydrogen (secondary N) is 1. The van der Waals surface area contributed by atoms with Crippen LogP contribution in [0.1, 0.15) is 44.2 Å². The number of nitrogens with two attached hydrogens (primary N) is 1. The lowest BCUT2D eigenvalue weighted by Crippen LogP contribution is -2.33. The summed E-state index contributed by atoms with van der Waals surface area (Å²) in [4.78, 5) is 0.272. The molecule has 1 aromatic rings. The second-order valence-electron chi connectivity index (χ2n) is 4.98. The number of hydrogen-bond donors (Lipinski definition) is 2. The second-order valence-corrected chi connectivity index (χ2v) is 7.18. The Morgan fingerprint density at radius 3 is 2.75 bits per heavy atom. The van der Waals surface area contributed by atoms with Crippen LogP contribution >= 0.6 is 12.2 Å². The lowest BCUT2D eigenvalue weighted by Gasteiger charge is -2.14. The molecule has 0 amide bonds. The monoisotopic (exact) mass is 314 g/mol. The highest BCUT2D eigenvalue weighted by Gasteiger charge is 2.15. The Morgan fingerprint density at radius 2 is 2.15 bits per heavy atom. The molecule has 0 aliphatic heterocycles. The van der Waals surface area contributed by atoms with Crippen LogP contribution in [0.2, 0.25) is 0 Å². The minimum Gasteiger partial charge on any atom is -0.389 e. The van der Waals surface area contributed by atoms with E-state index in [2.05, 4.69) is 11.6 Å². The second kappa shape index (κ2) is 7.71. The number of sulfonamides is 1. The van der Waals surface area contributed by atoms with Crippen molar-refractivity contribution in [3.63, 3.8) is 0 Å². The van der Waals surface area contributed by atoms with E-state index in [9.17, 15) is 8.42 Å². The third-order valence-corrected chi connectivity index (χ3v) is 4.65. The number of unbranched alkanes of at least 4 members (excludes halogenated alkanes) is 1. The standard InChI is InChI=1S/C14H22N2O2S2/c1-3-4-6-11(2)16-20(17,18)10-12-7-5-8-13(9-12)14(15)19/h5,7-9,11,16H,3-4,6,10H2,1-2H3,(H2,15,19). The van der Waals surface area contributed by atoms with Crippen LogP contribution in [-0.2, 0) is 15.8 Å². The van der Waals surface area contributed by atoms with E-state index in [1.807, 2.05) is 6.92 Å². The zero-order chi connectivity index (χ0) is 15.2. The summed E-state index contributed by atoms with van der Waals surface area (Å²) in [6, 6.07) is 6.98. The van der Waals surface area contributed by atoms with E-state index < -0.39 is 10.0 Å². The summed E-state index contributed by atoms with van der Waals surface area (Å²) in [6.45, 7) is 3.97. The summed E-state index contributed by atoms with van der Waals surface area (Å²) >= 11 is 4.89. The van der Waals surface area contributed by atoms with Crippen molar-refractivity contribution in [3.8, 4) is 0 Å². The van der Waals surface area contributed by atoms with Crippen molar-refractivity contribution in [2.75, 3.05) is 0 Å². The van der Waals surface area contributed by atoms with Gasteiger partial charge < -0.3 is 5.73 Å². The van der Waals surface area contributed by atoms with Crippen LogP contribution in [0.15, 0.2) is 24.3 Å². The first kappa shape index (κ1) is 17.1. The van der Waals surface area contributed by atoms with Gasteiger partial charge in [0.25, 0.3) is 0 Å². The van der Waals surface area contributed by atoms with E-state index in [1.54, 1.807) is 24.3 Å². The van der Waals surface area contributed by atoms with Crippen molar-refractivity contribution < 1.29 is 8.42 Å². The molecule has 1 rings (SSSR count). The topological polar surface area (TPSA) is 72.2 Å².